The molecule has 0 bridgehead atoms. The molecule has 0 amide bonds. The summed E-state index contributed by atoms with van der Waals surface area (Å²) in [7, 11) is 0. The van der Waals surface area contributed by atoms with E-state index < -0.39 is 0 Å². The highest BCUT2D eigenvalue weighted by Gasteiger charge is 2.09. The molecule has 1 saturated heterocycles. The van der Waals surface area contributed by atoms with Crippen molar-refractivity contribution in [3.05, 3.63) is 24.3 Å². The number of thiocarbonyl (C=S) groups is 1. The fraction of sp³-hybridized carbons (Fsp3) is 0.417. The summed E-state index contributed by atoms with van der Waals surface area (Å²) >= 11 is 4.56. The highest BCUT2D eigenvalue weighted by Crippen LogP contribution is 2.22. The summed E-state index contributed by atoms with van der Waals surface area (Å²) in [5.74, 6) is 0. The second-order valence-electron chi connectivity index (χ2n) is 3.77. The number of benzene rings is 1. The molecule has 2 rings (SSSR count). The first-order valence-electron chi connectivity index (χ1n) is 5.33. The second-order valence-corrected chi connectivity index (χ2v) is 3.95. The Morgan fingerprint density at radius 3 is 2.33 bits per heavy atom. The Morgan fingerprint density at radius 2 is 1.73 bits per heavy atom. The highest BCUT2D eigenvalue weighted by atomic mass is 32.1. The van der Waals surface area contributed by atoms with E-state index in [2.05, 4.69) is 39.4 Å². The van der Waals surface area contributed by atoms with Crippen LogP contribution in [0.3, 0.4) is 0 Å². The van der Waals surface area contributed by atoms with Gasteiger partial charge in [0, 0.05) is 18.8 Å². The second kappa shape index (κ2) is 5.06. The number of nitrogens with zero attached hydrogens (tertiary/aromatic N) is 2. The predicted molar refractivity (Wildman–Crippen MR) is 67.2 cm³/mol. The maximum Gasteiger partial charge on any atom is 0.0741 e. The van der Waals surface area contributed by atoms with Crippen molar-refractivity contribution in [1.82, 2.24) is 0 Å². The largest absolute Gasteiger partial charge is 0.372 e. The van der Waals surface area contributed by atoms with Crippen LogP contribution >= 0.6 is 12.2 Å². The van der Waals surface area contributed by atoms with Gasteiger partial charge in [0.15, 0.2) is 0 Å². The molecule has 2 nitrogen and oxygen atoms in total. The van der Waals surface area contributed by atoms with Crippen LogP contribution in [0, 0.1) is 0 Å². The van der Waals surface area contributed by atoms with Crippen LogP contribution in [0.25, 0.3) is 0 Å². The van der Waals surface area contributed by atoms with Gasteiger partial charge in [-0.2, -0.15) is 4.99 Å². The molecule has 15 heavy (non-hydrogen) atoms. The monoisotopic (exact) mass is 218 g/mol. The minimum atomic E-state index is 0.880. The van der Waals surface area contributed by atoms with Crippen molar-refractivity contribution >= 4 is 28.8 Å². The maximum atomic E-state index is 4.56. The van der Waals surface area contributed by atoms with Gasteiger partial charge in [-0.15, -0.1) is 0 Å². The summed E-state index contributed by atoms with van der Waals surface area (Å²) < 4.78 is 0. The molecule has 1 heterocycles. The van der Waals surface area contributed by atoms with Crippen LogP contribution < -0.4 is 4.90 Å². The first-order valence-corrected chi connectivity index (χ1v) is 5.74. The van der Waals surface area contributed by atoms with E-state index in [0.717, 1.165) is 5.69 Å². The van der Waals surface area contributed by atoms with E-state index in [1.807, 2.05) is 12.1 Å². The molecule has 1 fully saturated rings. The van der Waals surface area contributed by atoms with Gasteiger partial charge in [-0.25, -0.2) is 0 Å². The van der Waals surface area contributed by atoms with Crippen molar-refractivity contribution in [2.45, 2.75) is 19.3 Å². The Kier molecular flexibility index (Phi) is 3.49. The van der Waals surface area contributed by atoms with Gasteiger partial charge in [-0.1, -0.05) is 0 Å². The number of rotatable bonds is 2. The van der Waals surface area contributed by atoms with E-state index in [1.54, 1.807) is 0 Å². The Balaban J connectivity index is 2.11. The third-order valence-electron chi connectivity index (χ3n) is 2.75. The van der Waals surface area contributed by atoms with Crippen LogP contribution in [0.5, 0.6) is 0 Å². The molecule has 0 aromatic heterocycles. The molecule has 1 aliphatic heterocycles. The molecule has 1 aromatic carbocycles. The molecule has 0 atom stereocenters. The topological polar surface area (TPSA) is 15.6 Å². The summed E-state index contributed by atoms with van der Waals surface area (Å²) in [6, 6.07) is 8.19. The third kappa shape index (κ3) is 2.65. The first kappa shape index (κ1) is 10.3. The normalized spacial score (nSPS) is 15.9. The molecule has 0 saturated carbocycles. The standard InChI is InChI=1S/C12H14N2S/c15-10-13-11-4-6-12(7-5-11)14-8-2-1-3-9-14/h4-7H,1-3,8-9H2. The minimum absolute atomic E-state index is 0.880. The fourth-order valence-corrected chi connectivity index (χ4v) is 2.05. The zero-order valence-corrected chi connectivity index (χ0v) is 9.46. The molecule has 78 valence electrons. The number of isothiocyanates is 1. The van der Waals surface area contributed by atoms with Gasteiger partial charge in [-0.3, -0.25) is 0 Å². The lowest BCUT2D eigenvalue weighted by molar-refractivity contribution is 0.578. The van der Waals surface area contributed by atoms with Gasteiger partial charge in [0.1, 0.15) is 0 Å². The Bertz CT molecular complexity index is 360. The summed E-state index contributed by atoms with van der Waals surface area (Å²) in [6.07, 6.45) is 3.98. The van der Waals surface area contributed by atoms with E-state index in [-0.39, 0.29) is 0 Å². The molecular formula is C12H14N2S. The van der Waals surface area contributed by atoms with Crippen molar-refractivity contribution < 1.29 is 0 Å². The molecule has 0 radical (unpaired) electrons. The van der Waals surface area contributed by atoms with E-state index in [0.29, 0.717) is 0 Å². The van der Waals surface area contributed by atoms with E-state index in [4.69, 9.17) is 0 Å². The lowest BCUT2D eigenvalue weighted by atomic mass is 10.1. The van der Waals surface area contributed by atoms with Crippen molar-refractivity contribution in [2.24, 2.45) is 4.99 Å². The fourth-order valence-electron chi connectivity index (χ4n) is 1.94. The smallest absolute Gasteiger partial charge is 0.0741 e. The van der Waals surface area contributed by atoms with Gasteiger partial charge in [-0.05, 0) is 55.7 Å². The van der Waals surface area contributed by atoms with E-state index in [1.165, 1.54) is 38.0 Å². The molecule has 0 spiro atoms. The van der Waals surface area contributed by atoms with Crippen LogP contribution in [-0.2, 0) is 0 Å². The van der Waals surface area contributed by atoms with Crippen molar-refractivity contribution in [3.63, 3.8) is 0 Å². The van der Waals surface area contributed by atoms with Crippen molar-refractivity contribution in [3.8, 4) is 0 Å². The highest BCUT2D eigenvalue weighted by molar-refractivity contribution is 7.78. The van der Waals surface area contributed by atoms with Crippen LogP contribution in [0.1, 0.15) is 19.3 Å². The SMILES string of the molecule is S=C=Nc1ccc(N2CCCCC2)cc1. The van der Waals surface area contributed by atoms with Gasteiger partial charge in [0.25, 0.3) is 0 Å². The summed E-state index contributed by atoms with van der Waals surface area (Å²) in [5.41, 5.74) is 2.17. The molecular weight excluding hydrogens is 204 g/mol. The molecule has 0 N–H and O–H groups in total. The molecule has 1 aromatic rings. The van der Waals surface area contributed by atoms with Crippen LogP contribution in [0.4, 0.5) is 11.4 Å². The predicted octanol–water partition coefficient (Wildman–Crippen LogP) is 3.41. The quantitative estimate of drug-likeness (QED) is 0.558. The van der Waals surface area contributed by atoms with Crippen LogP contribution in [-0.4, -0.2) is 18.3 Å². The summed E-state index contributed by atoms with van der Waals surface area (Å²) in [6.45, 7) is 2.35. The van der Waals surface area contributed by atoms with Crippen LogP contribution in [0.2, 0.25) is 0 Å². The molecule has 0 aliphatic carbocycles. The van der Waals surface area contributed by atoms with Crippen LogP contribution in [0.15, 0.2) is 29.3 Å². The van der Waals surface area contributed by atoms with Gasteiger partial charge < -0.3 is 4.90 Å². The van der Waals surface area contributed by atoms with Gasteiger partial charge in [0.2, 0.25) is 0 Å². The Labute approximate surface area is 95.6 Å². The Hall–Kier alpha value is -1.18. The van der Waals surface area contributed by atoms with Gasteiger partial charge >= 0.3 is 0 Å². The molecule has 3 heteroatoms. The Morgan fingerprint density at radius 1 is 1.07 bits per heavy atom. The molecule has 0 unspecified atom stereocenters. The number of piperidine rings is 1. The number of anilines is 1. The minimum Gasteiger partial charge on any atom is -0.372 e. The number of hydrogen-bond acceptors (Lipinski definition) is 3. The van der Waals surface area contributed by atoms with E-state index in [9.17, 15) is 0 Å². The lowest BCUT2D eigenvalue weighted by Gasteiger charge is -2.28. The summed E-state index contributed by atoms with van der Waals surface area (Å²) in [4.78, 5) is 6.36. The first-order chi connectivity index (χ1) is 7.40. The van der Waals surface area contributed by atoms with Crippen molar-refractivity contribution in [1.29, 1.82) is 0 Å². The maximum absolute atomic E-state index is 4.56. The zero-order chi connectivity index (χ0) is 10.5. The zero-order valence-electron chi connectivity index (χ0n) is 8.65. The molecule has 1 aliphatic rings. The number of aliphatic imine (C=N–C) groups is 1. The number of hydrogen-bond donors (Lipinski definition) is 0. The van der Waals surface area contributed by atoms with E-state index >= 15 is 0 Å². The average molecular weight is 218 g/mol. The summed E-state index contributed by atoms with van der Waals surface area (Å²) in [5, 5.41) is 2.38. The van der Waals surface area contributed by atoms with Crippen molar-refractivity contribution in [2.75, 3.05) is 18.0 Å². The third-order valence-corrected chi connectivity index (χ3v) is 2.84. The lowest BCUT2D eigenvalue weighted by Crippen LogP contribution is -2.29. The van der Waals surface area contributed by atoms with Gasteiger partial charge in [0.05, 0.1) is 10.8 Å². The average Bonchev–Trinajstić information content (AvgIpc) is 2.32.